The molecule has 4 N–H and O–H groups in total. The van der Waals surface area contributed by atoms with Crippen molar-refractivity contribution in [1.29, 1.82) is 0 Å². The van der Waals surface area contributed by atoms with Crippen LogP contribution in [0.5, 0.6) is 0 Å². The highest BCUT2D eigenvalue weighted by Gasteiger charge is 2.08. The van der Waals surface area contributed by atoms with Crippen molar-refractivity contribution in [2.75, 3.05) is 26.4 Å². The van der Waals surface area contributed by atoms with Gasteiger partial charge in [0.2, 0.25) is 0 Å². The van der Waals surface area contributed by atoms with E-state index in [4.69, 9.17) is 29.9 Å². The monoisotopic (exact) mass is 713 g/mol. The van der Waals surface area contributed by atoms with Crippen LogP contribution >= 0.6 is 0 Å². The van der Waals surface area contributed by atoms with E-state index >= 15 is 0 Å². The highest BCUT2D eigenvalue weighted by atomic mass is 16.5. The van der Waals surface area contributed by atoms with E-state index in [1.54, 1.807) is 0 Å². The average Bonchev–Trinajstić information content (AvgIpc) is 3.12. The van der Waals surface area contributed by atoms with E-state index in [9.17, 15) is 9.59 Å². The molecule has 0 bridgehead atoms. The van der Waals surface area contributed by atoms with Crippen LogP contribution in [0.4, 0.5) is 0 Å². The SMILES string of the molecule is CCCCCCCC/C=C\CCCCCCCC(=O)OC[C@@H](O)CO.CCCCCCCC/C=C\CCCCCCCC(=O)OC[C@@H](O)CO. The van der Waals surface area contributed by atoms with Crippen LogP contribution in [0, 0.1) is 0 Å². The van der Waals surface area contributed by atoms with Gasteiger partial charge in [-0.1, -0.05) is 141 Å². The molecule has 0 rings (SSSR count). The summed E-state index contributed by atoms with van der Waals surface area (Å²) in [6, 6.07) is 0. The van der Waals surface area contributed by atoms with E-state index in [1.807, 2.05) is 0 Å². The Kier molecular flexibility index (Phi) is 43.7. The van der Waals surface area contributed by atoms with E-state index in [2.05, 4.69) is 38.2 Å². The lowest BCUT2D eigenvalue weighted by molar-refractivity contribution is -0.148. The Bertz CT molecular complexity index is 692. The predicted molar refractivity (Wildman–Crippen MR) is 207 cm³/mol. The first-order valence-electron chi connectivity index (χ1n) is 20.6. The van der Waals surface area contributed by atoms with Gasteiger partial charge in [-0.15, -0.1) is 0 Å². The second kappa shape index (κ2) is 43.4. The molecule has 0 fully saturated rings. The van der Waals surface area contributed by atoms with Crippen LogP contribution in [0.2, 0.25) is 0 Å². The van der Waals surface area contributed by atoms with Gasteiger partial charge in [0.1, 0.15) is 25.4 Å². The van der Waals surface area contributed by atoms with Crippen molar-refractivity contribution in [3.8, 4) is 0 Å². The van der Waals surface area contributed by atoms with Crippen molar-refractivity contribution in [2.24, 2.45) is 0 Å². The normalized spacial score (nSPS) is 12.6. The van der Waals surface area contributed by atoms with Crippen LogP contribution in [-0.4, -0.2) is 71.0 Å². The van der Waals surface area contributed by atoms with Crippen molar-refractivity contribution in [3.63, 3.8) is 0 Å². The molecule has 0 saturated carbocycles. The van der Waals surface area contributed by atoms with E-state index in [-0.39, 0.29) is 38.4 Å². The van der Waals surface area contributed by atoms with Gasteiger partial charge in [0.25, 0.3) is 0 Å². The van der Waals surface area contributed by atoms with Gasteiger partial charge in [0.05, 0.1) is 13.2 Å². The maximum Gasteiger partial charge on any atom is 0.305 e. The number of hydrogen-bond acceptors (Lipinski definition) is 8. The Hall–Kier alpha value is -1.74. The molecule has 0 aliphatic heterocycles. The lowest BCUT2D eigenvalue weighted by Crippen LogP contribution is -2.21. The molecular formula is C42H80O8. The number of allylic oxidation sites excluding steroid dienone is 4. The predicted octanol–water partition coefficient (Wildman–Crippen LogP) is 9.84. The van der Waals surface area contributed by atoms with E-state index in [1.165, 1.54) is 116 Å². The van der Waals surface area contributed by atoms with Crippen molar-refractivity contribution in [3.05, 3.63) is 24.3 Å². The number of aliphatic hydroxyl groups excluding tert-OH is 4. The summed E-state index contributed by atoms with van der Waals surface area (Å²) in [4.78, 5) is 22.7. The lowest BCUT2D eigenvalue weighted by Gasteiger charge is -2.08. The molecule has 8 nitrogen and oxygen atoms in total. The molecule has 0 amide bonds. The zero-order chi connectivity index (χ0) is 37.2. The maximum atomic E-state index is 11.4. The minimum Gasteiger partial charge on any atom is -0.463 e. The van der Waals surface area contributed by atoms with Gasteiger partial charge in [-0.25, -0.2) is 0 Å². The molecule has 0 unspecified atom stereocenters. The second-order valence-electron chi connectivity index (χ2n) is 13.7. The molecule has 296 valence electrons. The molecule has 0 spiro atoms. The standard InChI is InChI=1S/2C21H40O4/c2*1-2-3-4-5-6-7-8-9-10-11-12-13-14-15-16-17-21(24)25-19-20(23)18-22/h2*9-10,20,22-23H,2-8,11-19H2,1H3/b2*10-9-/t2*20-/m00/s1. The highest BCUT2D eigenvalue weighted by Crippen LogP contribution is 2.12. The number of aliphatic hydroxyl groups is 4. The largest absolute Gasteiger partial charge is 0.463 e. The Morgan fingerprint density at radius 2 is 0.700 bits per heavy atom. The molecule has 0 aliphatic carbocycles. The van der Waals surface area contributed by atoms with Crippen LogP contribution in [0.25, 0.3) is 0 Å². The first kappa shape index (κ1) is 50.4. The second-order valence-corrected chi connectivity index (χ2v) is 13.7. The van der Waals surface area contributed by atoms with Crippen molar-refractivity contribution in [2.45, 2.75) is 206 Å². The topological polar surface area (TPSA) is 134 Å². The van der Waals surface area contributed by atoms with Gasteiger partial charge in [0, 0.05) is 12.8 Å². The smallest absolute Gasteiger partial charge is 0.305 e. The average molecular weight is 713 g/mol. The van der Waals surface area contributed by atoms with Gasteiger partial charge >= 0.3 is 11.9 Å². The van der Waals surface area contributed by atoms with Crippen molar-refractivity contribution < 1.29 is 39.5 Å². The number of esters is 2. The summed E-state index contributed by atoms with van der Waals surface area (Å²) in [5.41, 5.74) is 0. The van der Waals surface area contributed by atoms with Gasteiger partial charge in [-0.05, 0) is 64.2 Å². The molecule has 0 aromatic heterocycles. The van der Waals surface area contributed by atoms with Gasteiger partial charge < -0.3 is 29.9 Å². The molecule has 0 saturated heterocycles. The third-order valence-corrected chi connectivity index (χ3v) is 8.58. The molecule has 0 radical (unpaired) electrons. The number of ether oxygens (including phenoxy) is 2. The van der Waals surface area contributed by atoms with Crippen LogP contribution < -0.4 is 0 Å². The van der Waals surface area contributed by atoms with Crippen LogP contribution in [0.3, 0.4) is 0 Å². The summed E-state index contributed by atoms with van der Waals surface area (Å²) in [6.07, 6.45) is 40.2. The summed E-state index contributed by atoms with van der Waals surface area (Å²) in [5.74, 6) is -0.574. The zero-order valence-electron chi connectivity index (χ0n) is 32.5. The Labute approximate surface area is 307 Å². The molecule has 2 atom stereocenters. The third-order valence-electron chi connectivity index (χ3n) is 8.58. The molecule has 0 aromatic rings. The van der Waals surface area contributed by atoms with Gasteiger partial charge in [-0.3, -0.25) is 9.59 Å². The quantitative estimate of drug-likeness (QED) is 0.0287. The van der Waals surface area contributed by atoms with Crippen LogP contribution in [-0.2, 0) is 19.1 Å². The molecular weight excluding hydrogens is 632 g/mol. The molecule has 0 aromatic carbocycles. The van der Waals surface area contributed by atoms with Crippen LogP contribution in [0.15, 0.2) is 24.3 Å². The summed E-state index contributed by atoms with van der Waals surface area (Å²) in [5, 5.41) is 35.4. The molecule has 0 heterocycles. The fourth-order valence-corrected chi connectivity index (χ4v) is 5.31. The minimum absolute atomic E-state index is 0.111. The lowest BCUT2D eigenvalue weighted by atomic mass is 10.1. The summed E-state index contributed by atoms with van der Waals surface area (Å²) in [7, 11) is 0. The summed E-state index contributed by atoms with van der Waals surface area (Å²) in [6.45, 7) is 3.54. The minimum atomic E-state index is -0.960. The molecule has 50 heavy (non-hydrogen) atoms. The number of carbonyl (C=O) groups is 2. The molecule has 0 aliphatic rings. The van der Waals surface area contributed by atoms with Crippen LogP contribution in [0.1, 0.15) is 194 Å². The Morgan fingerprint density at radius 1 is 0.440 bits per heavy atom. The van der Waals surface area contributed by atoms with Crippen molar-refractivity contribution >= 4 is 11.9 Å². The summed E-state index contributed by atoms with van der Waals surface area (Å²) >= 11 is 0. The fourth-order valence-electron chi connectivity index (χ4n) is 5.31. The first-order chi connectivity index (χ1) is 24.4. The number of carbonyl (C=O) groups excluding carboxylic acids is 2. The highest BCUT2D eigenvalue weighted by molar-refractivity contribution is 5.69. The zero-order valence-corrected chi connectivity index (χ0v) is 32.5. The Morgan fingerprint density at radius 3 is 0.980 bits per heavy atom. The van der Waals surface area contributed by atoms with E-state index in [0.717, 1.165) is 51.4 Å². The van der Waals surface area contributed by atoms with Gasteiger partial charge in [0.15, 0.2) is 0 Å². The number of unbranched alkanes of at least 4 members (excludes halogenated alkanes) is 22. The van der Waals surface area contributed by atoms with Gasteiger partial charge in [-0.2, -0.15) is 0 Å². The number of rotatable bonds is 36. The van der Waals surface area contributed by atoms with E-state index < -0.39 is 12.2 Å². The third kappa shape index (κ3) is 44.3. The Balaban J connectivity index is 0. The maximum absolute atomic E-state index is 11.4. The van der Waals surface area contributed by atoms with Crippen molar-refractivity contribution in [1.82, 2.24) is 0 Å². The number of hydrogen-bond donors (Lipinski definition) is 4. The fraction of sp³-hybridized carbons (Fsp3) is 0.857. The first-order valence-corrected chi connectivity index (χ1v) is 20.6. The molecule has 8 heteroatoms. The summed E-state index contributed by atoms with van der Waals surface area (Å²) < 4.78 is 9.71. The van der Waals surface area contributed by atoms with E-state index in [0.29, 0.717) is 12.8 Å².